The van der Waals surface area contributed by atoms with Crippen molar-refractivity contribution in [3.63, 3.8) is 0 Å². The third kappa shape index (κ3) is 6.33. The van der Waals surface area contributed by atoms with Crippen LogP contribution in [0.5, 0.6) is 17.2 Å². The molecule has 0 heterocycles. The molecule has 1 amide bonds. The van der Waals surface area contributed by atoms with Crippen molar-refractivity contribution in [3.05, 3.63) is 115 Å². The Labute approximate surface area is 214 Å². The summed E-state index contributed by atoms with van der Waals surface area (Å²) < 4.78 is 43.3. The van der Waals surface area contributed by atoms with Gasteiger partial charge in [0.1, 0.15) is 17.2 Å². The summed E-state index contributed by atoms with van der Waals surface area (Å²) in [7, 11) is -4.35. The van der Waals surface area contributed by atoms with Crippen molar-refractivity contribution < 1.29 is 32.2 Å². The van der Waals surface area contributed by atoms with Crippen LogP contribution in [-0.2, 0) is 16.4 Å². The van der Waals surface area contributed by atoms with Crippen LogP contribution in [0, 0.1) is 0 Å². The number of para-hydroxylation sites is 2. The molecule has 0 aromatic heterocycles. The molecule has 9 heteroatoms. The Hall–Kier alpha value is -4.63. The van der Waals surface area contributed by atoms with E-state index in [0.717, 1.165) is 12.0 Å². The Morgan fingerprint density at radius 1 is 0.649 bits per heavy atom. The minimum absolute atomic E-state index is 0.00993. The predicted molar refractivity (Wildman–Crippen MR) is 137 cm³/mol. The molecule has 188 valence electrons. The van der Waals surface area contributed by atoms with Crippen molar-refractivity contribution in [1.82, 2.24) is 0 Å². The summed E-state index contributed by atoms with van der Waals surface area (Å²) in [6.45, 7) is 1.95. The van der Waals surface area contributed by atoms with Gasteiger partial charge in [-0.25, -0.2) is 18.0 Å². The summed E-state index contributed by atoms with van der Waals surface area (Å²) in [6, 6.07) is 28.1. The molecule has 0 aliphatic carbocycles. The third-order valence-corrected chi connectivity index (χ3v) is 6.91. The quantitative estimate of drug-likeness (QED) is 0.212. The minimum Gasteiger partial charge on any atom is -0.409 e. The number of hydrogen-bond donors (Lipinski definition) is 0. The topological polar surface area (TPSA) is 99.2 Å². The highest BCUT2D eigenvalue weighted by atomic mass is 32.2. The number of ether oxygens (including phenoxy) is 3. The average molecular weight is 518 g/mol. The maximum Gasteiger partial charge on any atom is 0.519 e. The first-order valence-corrected chi connectivity index (χ1v) is 12.8. The van der Waals surface area contributed by atoms with E-state index < -0.39 is 22.3 Å². The summed E-state index contributed by atoms with van der Waals surface area (Å²) in [5, 5.41) is 0. The van der Waals surface area contributed by atoms with Crippen molar-refractivity contribution in [2.24, 2.45) is 0 Å². The van der Waals surface area contributed by atoms with E-state index in [0.29, 0.717) is 10.1 Å². The van der Waals surface area contributed by atoms with Crippen LogP contribution >= 0.6 is 0 Å². The van der Waals surface area contributed by atoms with Gasteiger partial charge in [-0.15, -0.1) is 0 Å². The normalized spacial score (nSPS) is 10.8. The van der Waals surface area contributed by atoms with Crippen LogP contribution in [-0.4, -0.2) is 20.7 Å². The number of nitrogens with zero attached hydrogens (tertiary/aromatic N) is 1. The highest BCUT2D eigenvalue weighted by molar-refractivity contribution is 7.93. The molecular formula is C28H23NO7S. The number of benzene rings is 4. The molecule has 0 atom stereocenters. The van der Waals surface area contributed by atoms with Gasteiger partial charge in [-0.3, -0.25) is 0 Å². The molecule has 0 aliphatic heterocycles. The third-order valence-electron chi connectivity index (χ3n) is 5.20. The van der Waals surface area contributed by atoms with E-state index in [2.05, 4.69) is 0 Å². The summed E-state index contributed by atoms with van der Waals surface area (Å²) in [5.74, 6) is 0.572. The van der Waals surface area contributed by atoms with Crippen molar-refractivity contribution in [2.45, 2.75) is 18.2 Å². The molecule has 0 spiro atoms. The second-order valence-corrected chi connectivity index (χ2v) is 9.50. The molecule has 0 bridgehead atoms. The van der Waals surface area contributed by atoms with Crippen LogP contribution in [0.4, 0.5) is 15.3 Å². The number of sulfonamides is 1. The van der Waals surface area contributed by atoms with Gasteiger partial charge >= 0.3 is 12.2 Å². The van der Waals surface area contributed by atoms with Gasteiger partial charge < -0.3 is 14.2 Å². The Morgan fingerprint density at radius 2 is 1.14 bits per heavy atom. The molecule has 8 nitrogen and oxygen atoms in total. The molecule has 0 N–H and O–H groups in total. The fraction of sp³-hybridized carbons (Fsp3) is 0.0714. The van der Waals surface area contributed by atoms with Gasteiger partial charge in [-0.2, -0.15) is 4.31 Å². The number of amides is 1. The molecule has 0 aliphatic rings. The summed E-state index contributed by atoms with van der Waals surface area (Å²) in [5.41, 5.74) is 0.936. The van der Waals surface area contributed by atoms with Crippen molar-refractivity contribution in [3.8, 4) is 17.2 Å². The van der Waals surface area contributed by atoms with Crippen LogP contribution in [0.15, 0.2) is 114 Å². The van der Waals surface area contributed by atoms with Crippen LogP contribution in [0.1, 0.15) is 12.5 Å². The maximum atomic E-state index is 13.5. The SMILES string of the molecule is CCc1ccc(S(=O)(=O)N(C(=O)Oc2ccccc2)c2ccc(OC(=O)Oc3ccccc3)cc2)cc1. The number of anilines is 1. The van der Waals surface area contributed by atoms with Crippen LogP contribution < -0.4 is 18.5 Å². The van der Waals surface area contributed by atoms with Crippen LogP contribution in [0.2, 0.25) is 0 Å². The van der Waals surface area contributed by atoms with Gasteiger partial charge in [0, 0.05) is 0 Å². The number of aryl methyl sites for hydroxylation is 1. The monoisotopic (exact) mass is 517 g/mol. The van der Waals surface area contributed by atoms with Gasteiger partial charge in [-0.1, -0.05) is 55.5 Å². The maximum absolute atomic E-state index is 13.5. The molecular weight excluding hydrogens is 494 g/mol. The molecule has 0 saturated heterocycles. The molecule has 0 unspecified atom stereocenters. The van der Waals surface area contributed by atoms with E-state index in [4.69, 9.17) is 14.2 Å². The van der Waals surface area contributed by atoms with E-state index in [9.17, 15) is 18.0 Å². The highest BCUT2D eigenvalue weighted by Crippen LogP contribution is 2.28. The van der Waals surface area contributed by atoms with Gasteiger partial charge in [-0.05, 0) is 72.6 Å². The van der Waals surface area contributed by atoms with Crippen LogP contribution in [0.25, 0.3) is 0 Å². The molecule has 4 aromatic rings. The van der Waals surface area contributed by atoms with Gasteiger partial charge in [0.2, 0.25) is 0 Å². The van der Waals surface area contributed by atoms with E-state index in [-0.39, 0.29) is 22.1 Å². The van der Waals surface area contributed by atoms with Gasteiger partial charge in [0.25, 0.3) is 10.0 Å². The molecule has 4 aromatic carbocycles. The Bertz CT molecular complexity index is 1450. The standard InChI is InChI=1S/C28H23NO7S/c1-2-21-13-19-26(20-14-21)37(32,33)29(27(30)34-23-9-5-3-6-10-23)22-15-17-25(18-16-22)36-28(31)35-24-11-7-4-8-12-24/h3-20H,2H2,1H3. The Kier molecular flexibility index (Phi) is 7.85. The number of hydrogen-bond acceptors (Lipinski definition) is 7. The first kappa shape index (κ1) is 25.5. The van der Waals surface area contributed by atoms with Crippen molar-refractivity contribution in [1.29, 1.82) is 0 Å². The highest BCUT2D eigenvalue weighted by Gasteiger charge is 2.33. The Morgan fingerprint density at radius 3 is 1.65 bits per heavy atom. The minimum atomic E-state index is -4.35. The molecule has 0 saturated carbocycles. The second kappa shape index (κ2) is 11.4. The summed E-state index contributed by atoms with van der Waals surface area (Å²) >= 11 is 0. The first-order chi connectivity index (χ1) is 17.9. The molecule has 0 radical (unpaired) electrons. The zero-order valence-corrected chi connectivity index (χ0v) is 20.6. The summed E-state index contributed by atoms with van der Waals surface area (Å²) in [4.78, 5) is 25.1. The van der Waals surface area contributed by atoms with Gasteiger partial charge in [0.05, 0.1) is 10.6 Å². The smallest absolute Gasteiger partial charge is 0.409 e. The van der Waals surface area contributed by atoms with E-state index in [1.807, 2.05) is 6.92 Å². The van der Waals surface area contributed by atoms with E-state index in [1.54, 1.807) is 60.7 Å². The van der Waals surface area contributed by atoms with Crippen LogP contribution in [0.3, 0.4) is 0 Å². The number of rotatable bonds is 7. The van der Waals surface area contributed by atoms with E-state index in [1.165, 1.54) is 48.5 Å². The molecule has 37 heavy (non-hydrogen) atoms. The zero-order valence-electron chi connectivity index (χ0n) is 19.8. The average Bonchev–Trinajstić information content (AvgIpc) is 2.91. The lowest BCUT2D eigenvalue weighted by molar-refractivity contribution is 0.152. The zero-order chi connectivity index (χ0) is 26.3. The molecule has 0 fully saturated rings. The summed E-state index contributed by atoms with van der Waals surface area (Å²) in [6.07, 6.45) is -1.36. The fourth-order valence-corrected chi connectivity index (χ4v) is 4.65. The number of carbonyl (C=O) groups is 2. The van der Waals surface area contributed by atoms with Gasteiger partial charge in [0.15, 0.2) is 0 Å². The first-order valence-electron chi connectivity index (χ1n) is 11.3. The van der Waals surface area contributed by atoms with Crippen molar-refractivity contribution in [2.75, 3.05) is 4.31 Å². The fourth-order valence-electron chi connectivity index (χ4n) is 3.33. The second-order valence-electron chi connectivity index (χ2n) is 7.71. The number of carbonyl (C=O) groups excluding carboxylic acids is 2. The lowest BCUT2D eigenvalue weighted by Gasteiger charge is -2.22. The van der Waals surface area contributed by atoms with Crippen molar-refractivity contribution >= 4 is 28.0 Å². The lowest BCUT2D eigenvalue weighted by atomic mass is 10.2. The lowest BCUT2D eigenvalue weighted by Crippen LogP contribution is -2.39. The predicted octanol–water partition coefficient (Wildman–Crippen LogP) is 6.22. The molecule has 4 rings (SSSR count). The largest absolute Gasteiger partial charge is 0.519 e. The Balaban J connectivity index is 1.61. The van der Waals surface area contributed by atoms with E-state index >= 15 is 0 Å².